The molecule has 1 saturated carbocycles. The zero-order valence-electron chi connectivity index (χ0n) is 20.8. The Morgan fingerprint density at radius 3 is 2.62 bits per heavy atom. The number of aromatic nitrogens is 3. The van der Waals surface area contributed by atoms with Crippen molar-refractivity contribution in [3.05, 3.63) is 39.8 Å². The number of amides is 1. The molecule has 8 nitrogen and oxygen atoms in total. The molecule has 1 amide bonds. The third-order valence-electron chi connectivity index (χ3n) is 7.45. The predicted octanol–water partition coefficient (Wildman–Crippen LogP) is 3.88. The van der Waals surface area contributed by atoms with Gasteiger partial charge < -0.3 is 15.7 Å². The van der Waals surface area contributed by atoms with E-state index in [0.717, 1.165) is 47.9 Å². The first kappa shape index (κ1) is 25.9. The highest BCUT2D eigenvalue weighted by Crippen LogP contribution is 2.41. The van der Waals surface area contributed by atoms with E-state index in [1.54, 1.807) is 22.2 Å². The van der Waals surface area contributed by atoms with Crippen molar-refractivity contribution in [2.24, 2.45) is 0 Å². The number of rotatable bonds is 7. The van der Waals surface area contributed by atoms with Crippen molar-refractivity contribution >= 4 is 34.0 Å². The molecule has 1 aromatic carbocycles. The van der Waals surface area contributed by atoms with Gasteiger partial charge in [-0.25, -0.2) is 4.98 Å². The summed E-state index contributed by atoms with van der Waals surface area (Å²) >= 11 is 1.55. The SMILES string of the molecule is CCn1nc(NCC(=O)NC2CN(C3CCC(O)(c4cnc(C)s4)CC3)C2)c2cc(C(F)(F)F)ccc21. The molecule has 1 aliphatic heterocycles. The Labute approximate surface area is 216 Å². The topological polar surface area (TPSA) is 95.3 Å². The number of alkyl halides is 3. The Morgan fingerprint density at radius 2 is 2.00 bits per heavy atom. The van der Waals surface area contributed by atoms with Crippen LogP contribution in [0.4, 0.5) is 19.0 Å². The van der Waals surface area contributed by atoms with E-state index in [0.29, 0.717) is 36.3 Å². The summed E-state index contributed by atoms with van der Waals surface area (Å²) in [5, 5.41) is 22.6. The number of thiazole rings is 1. The standard InChI is InChI=1S/C25H31F3N6O2S/c1-3-34-20-5-4-16(25(26,27)28)10-19(20)23(32-34)30-12-22(35)31-17-13-33(14-17)18-6-8-24(36,9-7-18)21-11-29-15(2)37-21/h4-5,10-11,17-18,36H,3,6-9,12-14H2,1-2H3,(H,30,32)(H,31,35). The number of nitrogens with zero attached hydrogens (tertiary/aromatic N) is 4. The summed E-state index contributed by atoms with van der Waals surface area (Å²) in [4.78, 5) is 20.1. The fourth-order valence-electron chi connectivity index (χ4n) is 5.34. The van der Waals surface area contributed by atoms with E-state index in [9.17, 15) is 23.1 Å². The normalized spacial score (nSPS) is 23.2. The second kappa shape index (κ2) is 9.88. The fraction of sp³-hybridized carbons (Fsp3) is 0.560. The summed E-state index contributed by atoms with van der Waals surface area (Å²) in [5.41, 5.74) is -0.957. The molecule has 2 aromatic heterocycles. The van der Waals surface area contributed by atoms with Gasteiger partial charge in [0, 0.05) is 37.3 Å². The van der Waals surface area contributed by atoms with Crippen LogP contribution in [-0.4, -0.2) is 62.4 Å². The summed E-state index contributed by atoms with van der Waals surface area (Å²) < 4.78 is 41.2. The minimum Gasteiger partial charge on any atom is -0.384 e. The van der Waals surface area contributed by atoms with Gasteiger partial charge >= 0.3 is 6.18 Å². The molecule has 200 valence electrons. The molecule has 12 heteroatoms. The van der Waals surface area contributed by atoms with Crippen molar-refractivity contribution in [2.75, 3.05) is 25.0 Å². The number of carbonyl (C=O) groups excluding carboxylic acids is 1. The molecular formula is C25H31F3N6O2S. The number of likely N-dealkylation sites (tertiary alicyclic amines) is 1. The van der Waals surface area contributed by atoms with Crippen LogP contribution in [0.1, 0.15) is 48.1 Å². The van der Waals surface area contributed by atoms with E-state index in [2.05, 4.69) is 25.6 Å². The molecule has 3 aromatic rings. The third-order valence-corrected chi connectivity index (χ3v) is 8.55. The summed E-state index contributed by atoms with van der Waals surface area (Å²) in [5.74, 6) is 0.0357. The molecule has 1 saturated heterocycles. The first-order valence-electron chi connectivity index (χ1n) is 12.6. The quantitative estimate of drug-likeness (QED) is 0.424. The second-order valence-corrected chi connectivity index (χ2v) is 11.2. The van der Waals surface area contributed by atoms with E-state index in [-0.39, 0.29) is 24.3 Å². The molecule has 2 aliphatic rings. The first-order chi connectivity index (χ1) is 17.6. The number of hydrogen-bond acceptors (Lipinski definition) is 7. The molecule has 1 aliphatic carbocycles. The van der Waals surface area contributed by atoms with Crippen LogP contribution in [0, 0.1) is 6.92 Å². The van der Waals surface area contributed by atoms with E-state index in [1.165, 1.54) is 6.07 Å². The van der Waals surface area contributed by atoms with Crippen molar-refractivity contribution in [2.45, 2.75) is 69.9 Å². The molecule has 37 heavy (non-hydrogen) atoms. The maximum absolute atomic E-state index is 13.2. The maximum Gasteiger partial charge on any atom is 0.416 e. The van der Waals surface area contributed by atoms with Crippen LogP contribution >= 0.6 is 11.3 Å². The Hall–Kier alpha value is -2.70. The number of anilines is 1. The minimum absolute atomic E-state index is 0.0287. The number of fused-ring (bicyclic) bond motifs is 1. The molecule has 0 atom stereocenters. The van der Waals surface area contributed by atoms with Crippen molar-refractivity contribution < 1.29 is 23.1 Å². The van der Waals surface area contributed by atoms with Gasteiger partial charge in [-0.05, 0) is 57.7 Å². The lowest BCUT2D eigenvalue weighted by Gasteiger charge is -2.48. The number of halogens is 3. The highest BCUT2D eigenvalue weighted by atomic mass is 32.1. The number of nitrogens with one attached hydrogen (secondary N) is 2. The summed E-state index contributed by atoms with van der Waals surface area (Å²) in [6.07, 6.45) is 0.514. The smallest absolute Gasteiger partial charge is 0.384 e. The average Bonchev–Trinajstić information content (AvgIpc) is 3.43. The van der Waals surface area contributed by atoms with Gasteiger partial charge in [-0.3, -0.25) is 14.4 Å². The number of aryl methyl sites for hydroxylation is 2. The lowest BCUT2D eigenvalue weighted by molar-refractivity contribution is -0.137. The maximum atomic E-state index is 13.2. The van der Waals surface area contributed by atoms with E-state index in [1.807, 2.05) is 13.8 Å². The van der Waals surface area contributed by atoms with Crippen LogP contribution in [0.2, 0.25) is 0 Å². The van der Waals surface area contributed by atoms with Crippen LogP contribution in [0.15, 0.2) is 24.4 Å². The van der Waals surface area contributed by atoms with Gasteiger partial charge in [-0.15, -0.1) is 11.3 Å². The molecule has 5 rings (SSSR count). The number of hydrogen-bond donors (Lipinski definition) is 3. The highest BCUT2D eigenvalue weighted by Gasteiger charge is 2.41. The molecule has 0 unspecified atom stereocenters. The monoisotopic (exact) mass is 536 g/mol. The minimum atomic E-state index is -4.45. The zero-order valence-corrected chi connectivity index (χ0v) is 21.6. The summed E-state index contributed by atoms with van der Waals surface area (Å²) in [6.45, 7) is 5.71. The van der Waals surface area contributed by atoms with Gasteiger partial charge in [0.05, 0.1) is 33.6 Å². The predicted molar refractivity (Wildman–Crippen MR) is 135 cm³/mol. The average molecular weight is 537 g/mol. The highest BCUT2D eigenvalue weighted by molar-refractivity contribution is 7.11. The fourth-order valence-corrected chi connectivity index (χ4v) is 6.26. The van der Waals surface area contributed by atoms with Crippen LogP contribution in [0.5, 0.6) is 0 Å². The van der Waals surface area contributed by atoms with Gasteiger partial charge in [-0.2, -0.15) is 18.3 Å². The van der Waals surface area contributed by atoms with Crippen molar-refractivity contribution in [3.8, 4) is 0 Å². The molecule has 2 fully saturated rings. The van der Waals surface area contributed by atoms with Crippen LogP contribution in [0.3, 0.4) is 0 Å². The number of aliphatic hydroxyl groups is 1. The van der Waals surface area contributed by atoms with Crippen LogP contribution in [0.25, 0.3) is 10.9 Å². The van der Waals surface area contributed by atoms with E-state index >= 15 is 0 Å². The van der Waals surface area contributed by atoms with Crippen molar-refractivity contribution in [1.29, 1.82) is 0 Å². The van der Waals surface area contributed by atoms with Gasteiger partial charge in [0.25, 0.3) is 0 Å². The zero-order chi connectivity index (χ0) is 26.4. The van der Waals surface area contributed by atoms with Gasteiger partial charge in [0.15, 0.2) is 5.82 Å². The lowest BCUT2D eigenvalue weighted by Crippen LogP contribution is -2.63. The van der Waals surface area contributed by atoms with E-state index in [4.69, 9.17) is 0 Å². The Kier molecular flexibility index (Phi) is 6.92. The van der Waals surface area contributed by atoms with Gasteiger partial charge in [-0.1, -0.05) is 0 Å². The third kappa shape index (κ3) is 5.32. The Balaban J connectivity index is 1.11. The van der Waals surface area contributed by atoms with Crippen LogP contribution < -0.4 is 10.6 Å². The summed E-state index contributed by atoms with van der Waals surface area (Å²) in [6, 6.07) is 3.93. The van der Waals surface area contributed by atoms with E-state index < -0.39 is 17.3 Å². The van der Waals surface area contributed by atoms with Crippen molar-refractivity contribution in [3.63, 3.8) is 0 Å². The molecule has 3 heterocycles. The molecule has 3 N–H and O–H groups in total. The molecular weight excluding hydrogens is 505 g/mol. The molecule has 0 radical (unpaired) electrons. The first-order valence-corrected chi connectivity index (χ1v) is 13.4. The largest absolute Gasteiger partial charge is 0.416 e. The van der Waals surface area contributed by atoms with Crippen molar-refractivity contribution in [1.82, 2.24) is 25.0 Å². The summed E-state index contributed by atoms with van der Waals surface area (Å²) in [7, 11) is 0. The lowest BCUT2D eigenvalue weighted by atomic mass is 9.80. The Morgan fingerprint density at radius 1 is 1.27 bits per heavy atom. The van der Waals surface area contributed by atoms with Gasteiger partial charge in [0.1, 0.15) is 5.60 Å². The molecule has 0 spiro atoms. The van der Waals surface area contributed by atoms with Gasteiger partial charge in [0.2, 0.25) is 5.91 Å². The number of benzene rings is 1. The second-order valence-electron chi connectivity index (χ2n) is 9.97. The van der Waals surface area contributed by atoms with Crippen LogP contribution in [-0.2, 0) is 23.1 Å². The number of carbonyl (C=O) groups is 1. The Bertz CT molecular complexity index is 1280. The molecule has 0 bridgehead atoms.